The molecule has 1 aromatic rings. The van der Waals surface area contributed by atoms with Gasteiger partial charge in [0.05, 0.1) is 12.7 Å². The molecule has 8 heteroatoms. The van der Waals surface area contributed by atoms with Crippen molar-refractivity contribution >= 4 is 0 Å². The number of aryl methyl sites for hydroxylation is 1. The van der Waals surface area contributed by atoms with Crippen LogP contribution in [0.3, 0.4) is 0 Å². The van der Waals surface area contributed by atoms with Crippen molar-refractivity contribution in [2.75, 3.05) is 13.2 Å². The first kappa shape index (κ1) is 15.9. The predicted molar refractivity (Wildman–Crippen MR) is 72.9 cm³/mol. The fourth-order valence-electron chi connectivity index (χ4n) is 2.66. The number of H-pyrrole nitrogens is 1. The van der Waals surface area contributed by atoms with E-state index in [1.807, 2.05) is 0 Å². The van der Waals surface area contributed by atoms with E-state index in [2.05, 4.69) is 4.98 Å². The molecule has 1 aliphatic rings. The minimum Gasteiger partial charge on any atom is -0.396 e. The Hall–Kier alpha value is -1.48. The first-order valence-electron chi connectivity index (χ1n) is 6.87. The largest absolute Gasteiger partial charge is 0.396 e. The second kappa shape index (κ2) is 6.52. The summed E-state index contributed by atoms with van der Waals surface area (Å²) in [4.78, 5) is 25.4. The molecule has 118 valence electrons. The van der Waals surface area contributed by atoms with Crippen LogP contribution in [0.1, 0.15) is 24.6 Å². The van der Waals surface area contributed by atoms with Gasteiger partial charge >= 0.3 is 5.69 Å². The Morgan fingerprint density at radius 1 is 1.38 bits per heavy atom. The molecule has 8 nitrogen and oxygen atoms in total. The van der Waals surface area contributed by atoms with E-state index < -0.39 is 29.7 Å². The fraction of sp³-hybridized carbons (Fsp3) is 0.692. The smallest absolute Gasteiger partial charge is 0.330 e. The van der Waals surface area contributed by atoms with E-state index in [1.165, 1.54) is 6.20 Å². The highest BCUT2D eigenvalue weighted by molar-refractivity contribution is 5.03. The summed E-state index contributed by atoms with van der Waals surface area (Å²) in [6.45, 7) is 1.23. The summed E-state index contributed by atoms with van der Waals surface area (Å²) in [5, 5.41) is 28.6. The summed E-state index contributed by atoms with van der Waals surface area (Å²) >= 11 is 0. The van der Waals surface area contributed by atoms with Crippen molar-refractivity contribution in [1.29, 1.82) is 0 Å². The molecule has 4 N–H and O–H groups in total. The molecule has 1 aromatic heterocycles. The zero-order valence-corrected chi connectivity index (χ0v) is 11.7. The van der Waals surface area contributed by atoms with Crippen LogP contribution in [-0.2, 0) is 4.74 Å². The maximum absolute atomic E-state index is 11.9. The first-order valence-corrected chi connectivity index (χ1v) is 6.87. The Kier molecular flexibility index (Phi) is 4.94. The van der Waals surface area contributed by atoms with Gasteiger partial charge in [-0.25, -0.2) is 4.79 Å². The Balaban J connectivity index is 2.31. The monoisotopic (exact) mass is 300 g/mol. The van der Waals surface area contributed by atoms with Crippen LogP contribution in [0.4, 0.5) is 0 Å². The molecule has 2 heterocycles. The number of hydrogen-bond acceptors (Lipinski definition) is 6. The summed E-state index contributed by atoms with van der Waals surface area (Å²) in [6.07, 6.45) is -0.316. The van der Waals surface area contributed by atoms with Gasteiger partial charge in [0.2, 0.25) is 0 Å². The number of nitrogens with one attached hydrogen (secondary N) is 1. The minimum absolute atomic E-state index is 0.0241. The average molecular weight is 300 g/mol. The van der Waals surface area contributed by atoms with Gasteiger partial charge in [0, 0.05) is 24.3 Å². The summed E-state index contributed by atoms with van der Waals surface area (Å²) in [6, 6.07) is 0. The predicted octanol–water partition coefficient (Wildman–Crippen LogP) is -1.52. The van der Waals surface area contributed by atoms with Gasteiger partial charge in [0.1, 0.15) is 6.10 Å². The van der Waals surface area contributed by atoms with Gasteiger partial charge in [-0.15, -0.1) is 0 Å². The van der Waals surface area contributed by atoms with Crippen LogP contribution in [0.15, 0.2) is 15.8 Å². The molecule has 0 spiro atoms. The third-order valence-electron chi connectivity index (χ3n) is 3.82. The van der Waals surface area contributed by atoms with E-state index in [4.69, 9.17) is 9.84 Å². The lowest BCUT2D eigenvalue weighted by Gasteiger charge is -2.19. The molecule has 1 saturated heterocycles. The van der Waals surface area contributed by atoms with E-state index in [0.29, 0.717) is 18.4 Å². The van der Waals surface area contributed by atoms with Crippen molar-refractivity contribution in [2.24, 2.45) is 5.92 Å². The van der Waals surface area contributed by atoms with Gasteiger partial charge in [0.25, 0.3) is 5.56 Å². The normalized spacial score (nSPS) is 29.0. The van der Waals surface area contributed by atoms with Gasteiger partial charge in [-0.2, -0.15) is 0 Å². The number of aliphatic hydroxyl groups excluding tert-OH is 3. The van der Waals surface area contributed by atoms with Gasteiger partial charge in [-0.1, -0.05) is 0 Å². The maximum Gasteiger partial charge on any atom is 0.330 e. The molecule has 4 atom stereocenters. The molecular formula is C13H20N2O6. The molecule has 0 aliphatic carbocycles. The molecule has 0 aromatic carbocycles. The number of aromatic nitrogens is 2. The van der Waals surface area contributed by atoms with E-state index in [0.717, 1.165) is 4.57 Å². The van der Waals surface area contributed by atoms with Crippen molar-refractivity contribution in [2.45, 2.75) is 38.2 Å². The van der Waals surface area contributed by atoms with Crippen molar-refractivity contribution in [3.8, 4) is 0 Å². The lowest BCUT2D eigenvalue weighted by Crippen LogP contribution is -2.37. The lowest BCUT2D eigenvalue weighted by atomic mass is 9.93. The molecule has 1 aliphatic heterocycles. The van der Waals surface area contributed by atoms with E-state index in [9.17, 15) is 19.8 Å². The van der Waals surface area contributed by atoms with Gasteiger partial charge in [-0.05, 0) is 19.8 Å². The van der Waals surface area contributed by atoms with Crippen molar-refractivity contribution in [1.82, 2.24) is 9.55 Å². The fourth-order valence-corrected chi connectivity index (χ4v) is 2.66. The zero-order valence-electron chi connectivity index (χ0n) is 11.7. The van der Waals surface area contributed by atoms with E-state index in [1.54, 1.807) is 6.92 Å². The Morgan fingerprint density at radius 3 is 2.71 bits per heavy atom. The van der Waals surface area contributed by atoms with Crippen molar-refractivity contribution in [3.63, 3.8) is 0 Å². The van der Waals surface area contributed by atoms with Crippen LogP contribution in [0.5, 0.6) is 0 Å². The SMILES string of the molecule is Cc1cn([C@@H]2O[C@H](CO)[C@@H](CCCO)[C@@H]2O)c(=O)[nH]c1=O. The number of nitrogens with zero attached hydrogens (tertiary/aromatic N) is 1. The molecule has 0 radical (unpaired) electrons. The lowest BCUT2D eigenvalue weighted by molar-refractivity contribution is -0.0537. The number of rotatable bonds is 5. The highest BCUT2D eigenvalue weighted by atomic mass is 16.5. The molecule has 0 unspecified atom stereocenters. The standard InChI is InChI=1S/C13H20N2O6/c1-7-5-15(13(20)14-11(7)19)12-10(18)8(3-2-4-16)9(6-17)21-12/h5,8-10,12,16-18H,2-4,6H2,1H3,(H,14,19,20)/t8-,9-,10+,12-/m1/s1. The second-order valence-electron chi connectivity index (χ2n) is 5.25. The Bertz CT molecular complexity index is 595. The summed E-state index contributed by atoms with van der Waals surface area (Å²) in [5.41, 5.74) is -0.835. The Morgan fingerprint density at radius 2 is 2.10 bits per heavy atom. The summed E-state index contributed by atoms with van der Waals surface area (Å²) in [7, 11) is 0. The molecule has 2 rings (SSSR count). The molecule has 21 heavy (non-hydrogen) atoms. The van der Waals surface area contributed by atoms with Crippen molar-refractivity contribution < 1.29 is 20.1 Å². The van der Waals surface area contributed by atoms with Crippen LogP contribution < -0.4 is 11.2 Å². The van der Waals surface area contributed by atoms with Gasteiger partial charge in [-0.3, -0.25) is 14.3 Å². The number of hydrogen-bond donors (Lipinski definition) is 4. The average Bonchev–Trinajstić information content (AvgIpc) is 2.77. The number of aromatic amines is 1. The quantitative estimate of drug-likeness (QED) is 0.524. The van der Waals surface area contributed by atoms with Crippen LogP contribution in [-0.4, -0.2) is 50.3 Å². The third-order valence-corrected chi connectivity index (χ3v) is 3.82. The van der Waals surface area contributed by atoms with E-state index >= 15 is 0 Å². The zero-order chi connectivity index (χ0) is 15.6. The molecule has 0 saturated carbocycles. The van der Waals surface area contributed by atoms with Crippen LogP contribution in [0.2, 0.25) is 0 Å². The molecular weight excluding hydrogens is 280 g/mol. The van der Waals surface area contributed by atoms with Crippen LogP contribution >= 0.6 is 0 Å². The summed E-state index contributed by atoms with van der Waals surface area (Å²) < 4.78 is 6.68. The van der Waals surface area contributed by atoms with Crippen molar-refractivity contribution in [3.05, 3.63) is 32.6 Å². The topological polar surface area (TPSA) is 125 Å². The highest BCUT2D eigenvalue weighted by Crippen LogP contribution is 2.35. The Labute approximate surface area is 120 Å². The van der Waals surface area contributed by atoms with Gasteiger partial charge in [0.15, 0.2) is 6.23 Å². The number of aliphatic hydroxyl groups is 3. The van der Waals surface area contributed by atoms with Crippen LogP contribution in [0.25, 0.3) is 0 Å². The minimum atomic E-state index is -1.00. The maximum atomic E-state index is 11.9. The summed E-state index contributed by atoms with van der Waals surface area (Å²) in [5.74, 6) is -0.383. The molecule has 1 fully saturated rings. The first-order chi connectivity index (χ1) is 9.99. The van der Waals surface area contributed by atoms with E-state index in [-0.39, 0.29) is 19.1 Å². The molecule has 0 amide bonds. The second-order valence-corrected chi connectivity index (χ2v) is 5.25. The van der Waals surface area contributed by atoms with Crippen LogP contribution in [0, 0.1) is 12.8 Å². The van der Waals surface area contributed by atoms with Gasteiger partial charge < -0.3 is 20.1 Å². The number of ether oxygens (including phenoxy) is 1. The molecule has 0 bridgehead atoms. The third kappa shape index (κ3) is 3.08. The highest BCUT2D eigenvalue weighted by Gasteiger charge is 2.44.